The summed E-state index contributed by atoms with van der Waals surface area (Å²) in [6, 6.07) is 8.00. The van der Waals surface area contributed by atoms with Gasteiger partial charge in [-0.2, -0.15) is 0 Å². The number of nitrogens with zero attached hydrogens (tertiary/aromatic N) is 2. The van der Waals surface area contributed by atoms with Gasteiger partial charge in [-0.25, -0.2) is 0 Å². The molecule has 0 radical (unpaired) electrons. The van der Waals surface area contributed by atoms with Crippen molar-refractivity contribution < 1.29 is 4.79 Å². The van der Waals surface area contributed by atoms with Gasteiger partial charge in [0.15, 0.2) is 0 Å². The van der Waals surface area contributed by atoms with Crippen molar-refractivity contribution in [3.05, 3.63) is 47.8 Å². The molecule has 0 aliphatic carbocycles. The molecule has 146 valence electrons. The third-order valence-electron chi connectivity index (χ3n) is 4.70. The third kappa shape index (κ3) is 5.98. The van der Waals surface area contributed by atoms with Crippen LogP contribution >= 0.6 is 0 Å². The molecule has 2 rings (SSSR count). The van der Waals surface area contributed by atoms with Crippen LogP contribution in [0.15, 0.2) is 36.7 Å². The van der Waals surface area contributed by atoms with E-state index in [1.807, 2.05) is 19.1 Å². The number of unbranched alkanes of at least 4 members (excludes halogenated alkanes) is 2. The number of amides is 1. The Bertz CT molecular complexity index is 741. The fraction of sp³-hybridized carbons (Fsp3) is 0.455. The first-order valence-corrected chi connectivity index (χ1v) is 9.94. The van der Waals surface area contributed by atoms with Crippen molar-refractivity contribution in [2.24, 2.45) is 0 Å². The van der Waals surface area contributed by atoms with E-state index < -0.39 is 0 Å². The van der Waals surface area contributed by atoms with Crippen molar-refractivity contribution in [3.63, 3.8) is 0 Å². The maximum Gasteiger partial charge on any atom is 0.257 e. The zero-order chi connectivity index (χ0) is 19.6. The first-order valence-electron chi connectivity index (χ1n) is 9.94. The first-order chi connectivity index (χ1) is 13.1. The fourth-order valence-electron chi connectivity index (χ4n) is 3.04. The second-order valence-corrected chi connectivity index (χ2v) is 6.72. The summed E-state index contributed by atoms with van der Waals surface area (Å²) in [5.74, 6) is -0.140. The SMILES string of the molecule is CCCCCNc1cncc(C(=O)Nc2ccc(N(CC)CC)cc2C)c1. The summed E-state index contributed by atoms with van der Waals surface area (Å²) in [6.07, 6.45) is 6.86. The van der Waals surface area contributed by atoms with Crippen molar-refractivity contribution in [1.29, 1.82) is 0 Å². The molecule has 0 fully saturated rings. The lowest BCUT2D eigenvalue weighted by Crippen LogP contribution is -2.22. The van der Waals surface area contributed by atoms with Crippen LogP contribution in [0.3, 0.4) is 0 Å². The molecule has 1 heterocycles. The van der Waals surface area contributed by atoms with Crippen LogP contribution in [0.25, 0.3) is 0 Å². The van der Waals surface area contributed by atoms with Crippen LogP contribution in [0, 0.1) is 6.92 Å². The monoisotopic (exact) mass is 368 g/mol. The molecule has 0 saturated carbocycles. The summed E-state index contributed by atoms with van der Waals surface area (Å²) in [4.78, 5) is 19.1. The Morgan fingerprint density at radius 3 is 2.52 bits per heavy atom. The lowest BCUT2D eigenvalue weighted by molar-refractivity contribution is 0.102. The Kier molecular flexibility index (Phi) is 8.11. The lowest BCUT2D eigenvalue weighted by atomic mass is 10.1. The van der Waals surface area contributed by atoms with E-state index >= 15 is 0 Å². The summed E-state index contributed by atoms with van der Waals surface area (Å²) in [5.41, 5.74) is 4.50. The van der Waals surface area contributed by atoms with Crippen LogP contribution < -0.4 is 15.5 Å². The van der Waals surface area contributed by atoms with E-state index in [2.05, 4.69) is 53.4 Å². The van der Waals surface area contributed by atoms with Crippen molar-refractivity contribution in [2.75, 3.05) is 35.2 Å². The largest absolute Gasteiger partial charge is 0.384 e. The van der Waals surface area contributed by atoms with Gasteiger partial charge in [-0.1, -0.05) is 19.8 Å². The zero-order valence-corrected chi connectivity index (χ0v) is 17.0. The highest BCUT2D eigenvalue weighted by atomic mass is 16.1. The van der Waals surface area contributed by atoms with Gasteiger partial charge in [0.05, 0.1) is 11.3 Å². The number of benzene rings is 1. The van der Waals surface area contributed by atoms with E-state index in [1.54, 1.807) is 12.4 Å². The molecule has 27 heavy (non-hydrogen) atoms. The second-order valence-electron chi connectivity index (χ2n) is 6.72. The molecule has 2 N–H and O–H groups in total. The first kappa shape index (κ1) is 20.7. The van der Waals surface area contributed by atoms with Gasteiger partial charge in [-0.3, -0.25) is 9.78 Å². The smallest absolute Gasteiger partial charge is 0.257 e. The summed E-state index contributed by atoms with van der Waals surface area (Å²) in [5, 5.41) is 6.34. The number of rotatable bonds is 10. The molecule has 0 unspecified atom stereocenters. The van der Waals surface area contributed by atoms with Crippen molar-refractivity contribution in [2.45, 2.75) is 47.0 Å². The lowest BCUT2D eigenvalue weighted by Gasteiger charge is -2.22. The molecule has 0 spiro atoms. The van der Waals surface area contributed by atoms with Gasteiger partial charge in [0, 0.05) is 43.4 Å². The van der Waals surface area contributed by atoms with Gasteiger partial charge in [-0.15, -0.1) is 0 Å². The molecule has 0 saturated heterocycles. The highest BCUT2D eigenvalue weighted by Gasteiger charge is 2.11. The molecule has 0 bridgehead atoms. The number of anilines is 3. The van der Waals surface area contributed by atoms with E-state index in [0.717, 1.165) is 43.0 Å². The minimum absolute atomic E-state index is 0.140. The fourth-order valence-corrected chi connectivity index (χ4v) is 3.04. The summed E-state index contributed by atoms with van der Waals surface area (Å²) >= 11 is 0. The Morgan fingerprint density at radius 1 is 1.07 bits per heavy atom. The van der Waals surface area contributed by atoms with Crippen LogP contribution in [0.5, 0.6) is 0 Å². The molecule has 1 aromatic carbocycles. The van der Waals surface area contributed by atoms with E-state index in [9.17, 15) is 4.79 Å². The quantitative estimate of drug-likeness (QED) is 0.574. The average Bonchev–Trinajstić information content (AvgIpc) is 2.68. The molecule has 0 atom stereocenters. The van der Waals surface area contributed by atoms with Crippen LogP contribution in [-0.2, 0) is 0 Å². The Morgan fingerprint density at radius 2 is 1.85 bits per heavy atom. The number of pyridine rings is 1. The number of carbonyl (C=O) groups excluding carboxylic acids is 1. The minimum atomic E-state index is -0.140. The molecule has 0 aliphatic heterocycles. The molecule has 2 aromatic rings. The predicted octanol–water partition coefficient (Wildman–Crippen LogP) is 5.09. The maximum atomic E-state index is 12.6. The predicted molar refractivity (Wildman–Crippen MR) is 115 cm³/mol. The summed E-state index contributed by atoms with van der Waals surface area (Å²) < 4.78 is 0. The second kappa shape index (κ2) is 10.6. The van der Waals surface area contributed by atoms with E-state index in [1.165, 1.54) is 18.5 Å². The topological polar surface area (TPSA) is 57.3 Å². The average molecular weight is 369 g/mol. The van der Waals surface area contributed by atoms with E-state index in [4.69, 9.17) is 0 Å². The molecule has 1 aromatic heterocycles. The number of aryl methyl sites for hydroxylation is 1. The van der Waals surface area contributed by atoms with Crippen molar-refractivity contribution in [3.8, 4) is 0 Å². The van der Waals surface area contributed by atoms with Crippen LogP contribution in [0.1, 0.15) is 56.0 Å². The summed E-state index contributed by atoms with van der Waals surface area (Å²) in [6.45, 7) is 11.3. The third-order valence-corrected chi connectivity index (χ3v) is 4.70. The van der Waals surface area contributed by atoms with Gasteiger partial charge in [0.1, 0.15) is 0 Å². The molecular weight excluding hydrogens is 336 g/mol. The number of carbonyl (C=O) groups is 1. The number of hydrogen-bond acceptors (Lipinski definition) is 4. The van der Waals surface area contributed by atoms with E-state index in [-0.39, 0.29) is 5.91 Å². The maximum absolute atomic E-state index is 12.6. The van der Waals surface area contributed by atoms with Crippen molar-refractivity contribution in [1.82, 2.24) is 4.98 Å². The Hall–Kier alpha value is -2.56. The van der Waals surface area contributed by atoms with Crippen LogP contribution in [0.2, 0.25) is 0 Å². The molecule has 1 amide bonds. The molecule has 5 nitrogen and oxygen atoms in total. The minimum Gasteiger partial charge on any atom is -0.384 e. The highest BCUT2D eigenvalue weighted by Crippen LogP contribution is 2.23. The Balaban J connectivity index is 2.04. The Labute approximate surface area is 163 Å². The standard InChI is InChI=1S/C22H32N4O/c1-5-8-9-12-24-19-14-18(15-23-16-19)22(27)25-21-11-10-20(13-17(21)4)26(6-2)7-3/h10-11,13-16,24H,5-9,12H2,1-4H3,(H,25,27). The number of hydrogen-bond donors (Lipinski definition) is 2. The molecule has 0 aliphatic rings. The van der Waals surface area contributed by atoms with Gasteiger partial charge in [-0.05, 0) is 57.0 Å². The molecular formula is C22H32N4O. The van der Waals surface area contributed by atoms with E-state index in [0.29, 0.717) is 5.56 Å². The highest BCUT2D eigenvalue weighted by molar-refractivity contribution is 6.05. The normalized spacial score (nSPS) is 10.5. The van der Waals surface area contributed by atoms with Crippen molar-refractivity contribution >= 4 is 23.0 Å². The van der Waals surface area contributed by atoms with Gasteiger partial charge in [0.2, 0.25) is 0 Å². The van der Waals surface area contributed by atoms with Crippen LogP contribution in [-0.4, -0.2) is 30.5 Å². The van der Waals surface area contributed by atoms with Crippen LogP contribution in [0.4, 0.5) is 17.1 Å². The summed E-state index contributed by atoms with van der Waals surface area (Å²) in [7, 11) is 0. The van der Waals surface area contributed by atoms with Gasteiger partial charge >= 0.3 is 0 Å². The van der Waals surface area contributed by atoms with Gasteiger partial charge < -0.3 is 15.5 Å². The zero-order valence-electron chi connectivity index (χ0n) is 17.0. The van der Waals surface area contributed by atoms with Gasteiger partial charge in [0.25, 0.3) is 5.91 Å². The number of aromatic nitrogens is 1. The number of nitrogens with one attached hydrogen (secondary N) is 2. The molecule has 5 heteroatoms.